The number of likely N-dealkylation sites (N-methyl/N-ethyl adjacent to an activating group) is 1. The molecule has 5 atom stereocenters. The van der Waals surface area contributed by atoms with Crippen molar-refractivity contribution in [1.29, 1.82) is 0 Å². The molecule has 2 aromatic carbocycles. The molecule has 0 amide bonds. The molecule has 4 aliphatic rings. The number of esters is 1. The van der Waals surface area contributed by atoms with Gasteiger partial charge in [0.1, 0.15) is 11.7 Å². The monoisotopic (exact) mass is 561 g/mol. The van der Waals surface area contributed by atoms with E-state index in [9.17, 15) is 4.79 Å². The Labute approximate surface area is 243 Å². The van der Waals surface area contributed by atoms with Crippen molar-refractivity contribution in [3.8, 4) is 5.75 Å². The summed E-state index contributed by atoms with van der Waals surface area (Å²) in [7, 11) is 5.34. The van der Waals surface area contributed by atoms with E-state index in [-0.39, 0.29) is 17.9 Å². The lowest BCUT2D eigenvalue weighted by atomic mass is 9.67. The summed E-state index contributed by atoms with van der Waals surface area (Å²) in [6, 6.07) is 16.6. The van der Waals surface area contributed by atoms with E-state index in [1.54, 1.807) is 7.11 Å². The average molecular weight is 562 g/mol. The number of anilines is 1. The van der Waals surface area contributed by atoms with E-state index >= 15 is 0 Å². The number of hydrogen-bond acceptors (Lipinski definition) is 8. The standard InChI is InChI=1S/C33H43N3O5/c1-5-6-7-8-13-28-32-29(25-11-9-10-12-26(25)35(28)2)30(31(37)39-4)33(41-32,36-18-20-40-21-19-36)27(34-32)22-23-14-16-24(38-3)17-15-23/h9-12,14-17,28-30H,5-8,13,18-22H2,1-4H3/t28-,29+,30-,32+,33+/m0/s1. The van der Waals surface area contributed by atoms with Gasteiger partial charge in [-0.25, -0.2) is 0 Å². The van der Waals surface area contributed by atoms with Gasteiger partial charge < -0.3 is 23.8 Å². The molecular formula is C33H43N3O5. The number of rotatable bonds is 10. The molecule has 6 rings (SSSR count). The summed E-state index contributed by atoms with van der Waals surface area (Å²) in [4.78, 5) is 24.3. The summed E-state index contributed by atoms with van der Waals surface area (Å²) in [5, 5.41) is 0. The summed E-state index contributed by atoms with van der Waals surface area (Å²) in [5.74, 6) is -0.230. The Hall–Kier alpha value is -2.94. The van der Waals surface area contributed by atoms with E-state index in [0.717, 1.165) is 41.1 Å². The van der Waals surface area contributed by atoms with Gasteiger partial charge in [-0.1, -0.05) is 62.9 Å². The Morgan fingerprint density at radius 3 is 2.51 bits per heavy atom. The van der Waals surface area contributed by atoms with E-state index in [1.165, 1.54) is 26.4 Å². The number of aliphatic imine (C=N–C) groups is 1. The van der Waals surface area contributed by atoms with Crippen molar-refractivity contribution in [2.75, 3.05) is 52.5 Å². The minimum Gasteiger partial charge on any atom is -0.497 e. The molecule has 1 spiro atoms. The quantitative estimate of drug-likeness (QED) is 0.305. The fourth-order valence-electron chi connectivity index (χ4n) is 7.76. The fraction of sp³-hybridized carbons (Fsp3) is 0.576. The largest absolute Gasteiger partial charge is 0.497 e. The smallest absolute Gasteiger partial charge is 0.314 e. The van der Waals surface area contributed by atoms with Crippen LogP contribution < -0.4 is 9.64 Å². The zero-order valence-electron chi connectivity index (χ0n) is 24.8. The van der Waals surface area contributed by atoms with Crippen LogP contribution in [-0.2, 0) is 25.4 Å². The number of carbonyl (C=O) groups excluding carboxylic acids is 1. The maximum absolute atomic E-state index is 14.0. The Balaban J connectivity index is 1.53. The molecule has 220 valence electrons. The zero-order valence-corrected chi connectivity index (χ0v) is 24.8. The van der Waals surface area contributed by atoms with Crippen LogP contribution in [0.4, 0.5) is 5.69 Å². The molecule has 0 aliphatic carbocycles. The molecule has 0 N–H and O–H groups in total. The van der Waals surface area contributed by atoms with Gasteiger partial charge in [-0.2, -0.15) is 0 Å². The summed E-state index contributed by atoms with van der Waals surface area (Å²) >= 11 is 0. The number of hydrogen-bond donors (Lipinski definition) is 0. The first-order valence-corrected chi connectivity index (χ1v) is 15.1. The Morgan fingerprint density at radius 2 is 1.80 bits per heavy atom. The van der Waals surface area contributed by atoms with Gasteiger partial charge in [-0.15, -0.1) is 0 Å². The number of para-hydroxylation sites is 1. The predicted molar refractivity (Wildman–Crippen MR) is 159 cm³/mol. The van der Waals surface area contributed by atoms with Gasteiger partial charge in [0.25, 0.3) is 0 Å². The third kappa shape index (κ3) is 4.46. The van der Waals surface area contributed by atoms with Gasteiger partial charge >= 0.3 is 5.97 Å². The molecular weight excluding hydrogens is 518 g/mol. The first-order valence-electron chi connectivity index (χ1n) is 15.1. The van der Waals surface area contributed by atoms with Crippen LogP contribution in [0.3, 0.4) is 0 Å². The summed E-state index contributed by atoms with van der Waals surface area (Å²) in [6.07, 6.45) is 6.16. The predicted octanol–water partition coefficient (Wildman–Crippen LogP) is 4.81. The molecule has 4 heterocycles. The van der Waals surface area contributed by atoms with Gasteiger partial charge in [0.05, 0.1) is 45.1 Å². The maximum atomic E-state index is 14.0. The Kier molecular flexibility index (Phi) is 7.83. The minimum absolute atomic E-state index is 0.0114. The maximum Gasteiger partial charge on any atom is 0.314 e. The van der Waals surface area contributed by atoms with Crippen LogP contribution >= 0.6 is 0 Å². The lowest BCUT2D eigenvalue weighted by molar-refractivity contribution is -0.176. The van der Waals surface area contributed by atoms with Crippen LogP contribution in [0, 0.1) is 5.92 Å². The van der Waals surface area contributed by atoms with E-state index in [2.05, 4.69) is 60.2 Å². The number of benzene rings is 2. The second-order valence-corrected chi connectivity index (χ2v) is 11.7. The number of fused-ring (bicyclic) bond motifs is 3. The van der Waals surface area contributed by atoms with Crippen molar-refractivity contribution in [1.82, 2.24) is 4.90 Å². The van der Waals surface area contributed by atoms with Crippen LogP contribution in [0.2, 0.25) is 0 Å². The second kappa shape index (κ2) is 11.4. The molecule has 2 bridgehead atoms. The van der Waals surface area contributed by atoms with Crippen LogP contribution in [0.25, 0.3) is 0 Å². The third-order valence-electron chi connectivity index (χ3n) is 9.64. The highest BCUT2D eigenvalue weighted by Crippen LogP contribution is 2.65. The topological polar surface area (TPSA) is 72.8 Å². The fourth-order valence-corrected chi connectivity index (χ4v) is 7.76. The van der Waals surface area contributed by atoms with Crippen LogP contribution in [0.1, 0.15) is 56.1 Å². The minimum atomic E-state index is -1.01. The number of unbranched alkanes of at least 4 members (excludes halogenated alkanes) is 3. The van der Waals surface area contributed by atoms with Crippen molar-refractivity contribution in [2.45, 2.75) is 68.9 Å². The summed E-state index contributed by atoms with van der Waals surface area (Å²) in [5.41, 5.74) is 2.36. The third-order valence-corrected chi connectivity index (χ3v) is 9.64. The number of morpholine rings is 1. The number of ether oxygens (including phenoxy) is 4. The van der Waals surface area contributed by atoms with Crippen molar-refractivity contribution >= 4 is 17.4 Å². The van der Waals surface area contributed by atoms with Crippen LogP contribution in [0.5, 0.6) is 5.75 Å². The highest BCUT2D eigenvalue weighted by molar-refractivity contribution is 6.02. The van der Waals surface area contributed by atoms with Gasteiger partial charge in [-0.05, 0) is 35.7 Å². The Morgan fingerprint density at radius 1 is 1.05 bits per heavy atom. The van der Waals surface area contributed by atoms with Gasteiger partial charge in [0, 0.05) is 32.2 Å². The van der Waals surface area contributed by atoms with Gasteiger partial charge in [-0.3, -0.25) is 14.7 Å². The van der Waals surface area contributed by atoms with Crippen LogP contribution in [0.15, 0.2) is 53.5 Å². The molecule has 0 radical (unpaired) electrons. The lowest BCUT2D eigenvalue weighted by Gasteiger charge is -2.49. The number of nitrogens with zero attached hydrogens (tertiary/aromatic N) is 3. The lowest BCUT2D eigenvalue weighted by Crippen LogP contribution is -2.63. The molecule has 8 nitrogen and oxygen atoms in total. The summed E-state index contributed by atoms with van der Waals surface area (Å²) in [6.45, 7) is 4.74. The van der Waals surface area contributed by atoms with E-state index in [1.807, 2.05) is 12.1 Å². The number of carbonyl (C=O) groups is 1. The van der Waals surface area contributed by atoms with E-state index in [0.29, 0.717) is 32.7 Å². The SMILES string of the molecule is CCCCCC[C@@H]1N(C)c2ccccc2[C@@H]2[C@@H](C(=O)OC)[C@]3(N4CCOCC4)O[C@@]21N=C3Cc1ccc(OC)cc1. The van der Waals surface area contributed by atoms with E-state index < -0.39 is 17.4 Å². The van der Waals surface area contributed by atoms with Crippen molar-refractivity contribution in [3.63, 3.8) is 0 Å². The molecule has 0 aromatic heterocycles. The molecule has 4 aliphatic heterocycles. The van der Waals surface area contributed by atoms with Crippen molar-refractivity contribution < 1.29 is 23.7 Å². The molecule has 41 heavy (non-hydrogen) atoms. The molecule has 2 saturated heterocycles. The normalized spacial score (nSPS) is 30.5. The van der Waals surface area contributed by atoms with Crippen LogP contribution in [-0.4, -0.2) is 81.6 Å². The summed E-state index contributed by atoms with van der Waals surface area (Å²) < 4.78 is 24.2. The first kappa shape index (κ1) is 28.2. The first-order chi connectivity index (χ1) is 20.0. The second-order valence-electron chi connectivity index (χ2n) is 11.7. The average Bonchev–Trinajstić information content (AvgIpc) is 3.51. The Bertz CT molecular complexity index is 1280. The van der Waals surface area contributed by atoms with Crippen molar-refractivity contribution in [2.24, 2.45) is 10.9 Å². The highest BCUT2D eigenvalue weighted by atomic mass is 16.6. The van der Waals surface area contributed by atoms with E-state index in [4.69, 9.17) is 23.9 Å². The van der Waals surface area contributed by atoms with Crippen molar-refractivity contribution in [3.05, 3.63) is 59.7 Å². The molecule has 0 saturated carbocycles. The zero-order chi connectivity index (χ0) is 28.6. The molecule has 8 heteroatoms. The molecule has 0 unspecified atom stereocenters. The van der Waals surface area contributed by atoms with Gasteiger partial charge in [0.2, 0.25) is 0 Å². The highest BCUT2D eigenvalue weighted by Gasteiger charge is 2.77. The number of methoxy groups -OCH3 is 2. The molecule has 2 aromatic rings. The van der Waals surface area contributed by atoms with Gasteiger partial charge in [0.15, 0.2) is 11.4 Å². The molecule has 2 fully saturated rings.